The monoisotopic (exact) mass is 189 g/mol. The summed E-state index contributed by atoms with van der Waals surface area (Å²) in [7, 11) is 0. The van der Waals surface area contributed by atoms with Gasteiger partial charge in [-0.25, -0.2) is 0 Å². The second-order valence-corrected chi connectivity index (χ2v) is 3.81. The minimum Gasteiger partial charge on any atom is -0.339 e. The van der Waals surface area contributed by atoms with Gasteiger partial charge in [0.2, 0.25) is 0 Å². The molecule has 1 fully saturated rings. The van der Waals surface area contributed by atoms with Gasteiger partial charge in [-0.05, 0) is 31.4 Å². The van der Waals surface area contributed by atoms with E-state index in [1.54, 1.807) is 0 Å². The van der Waals surface area contributed by atoms with Crippen molar-refractivity contribution in [2.75, 3.05) is 13.1 Å². The molecule has 1 aliphatic rings. The summed E-state index contributed by atoms with van der Waals surface area (Å²) in [6.07, 6.45) is 2.30. The van der Waals surface area contributed by atoms with Gasteiger partial charge in [-0.15, -0.1) is 0 Å². The molecule has 0 unspecified atom stereocenters. The zero-order valence-corrected chi connectivity index (χ0v) is 8.49. The molecule has 2 nitrogen and oxygen atoms in total. The van der Waals surface area contributed by atoms with Gasteiger partial charge in [-0.1, -0.05) is 18.2 Å². The lowest BCUT2D eigenvalue weighted by atomic mass is 10.1. The minimum atomic E-state index is 0.195. The van der Waals surface area contributed by atoms with Crippen LogP contribution in [-0.4, -0.2) is 23.9 Å². The number of amides is 1. The predicted octanol–water partition coefficient (Wildman–Crippen LogP) is 2.23. The second kappa shape index (κ2) is 3.82. The van der Waals surface area contributed by atoms with Gasteiger partial charge < -0.3 is 4.90 Å². The molecule has 1 heterocycles. The molecule has 0 aromatic heterocycles. The Bertz CT molecular complexity index is 340. The van der Waals surface area contributed by atoms with Crippen LogP contribution in [0.15, 0.2) is 24.3 Å². The third-order valence-electron chi connectivity index (χ3n) is 2.77. The van der Waals surface area contributed by atoms with E-state index in [0.29, 0.717) is 0 Å². The Morgan fingerprint density at radius 1 is 1.21 bits per heavy atom. The van der Waals surface area contributed by atoms with Crippen molar-refractivity contribution < 1.29 is 4.79 Å². The molecule has 1 aromatic carbocycles. The van der Waals surface area contributed by atoms with Gasteiger partial charge in [-0.3, -0.25) is 4.79 Å². The van der Waals surface area contributed by atoms with Gasteiger partial charge in [-0.2, -0.15) is 0 Å². The van der Waals surface area contributed by atoms with Crippen LogP contribution in [0.4, 0.5) is 0 Å². The predicted molar refractivity (Wildman–Crippen MR) is 56.3 cm³/mol. The standard InChI is InChI=1S/C12H15NO/c1-10-6-2-3-7-11(10)12(14)13-8-4-5-9-13/h2-3,6-7H,4-5,8-9H2,1H3. The lowest BCUT2D eigenvalue weighted by Gasteiger charge is -2.16. The number of nitrogens with zero attached hydrogens (tertiary/aromatic N) is 1. The van der Waals surface area contributed by atoms with Crippen LogP contribution in [0.2, 0.25) is 0 Å². The van der Waals surface area contributed by atoms with Crippen molar-refractivity contribution in [3.8, 4) is 0 Å². The molecule has 0 bridgehead atoms. The highest BCUT2D eigenvalue weighted by Crippen LogP contribution is 2.15. The molecule has 0 N–H and O–H groups in total. The van der Waals surface area contributed by atoms with Crippen LogP contribution in [0.5, 0.6) is 0 Å². The van der Waals surface area contributed by atoms with Crippen LogP contribution in [0.1, 0.15) is 28.8 Å². The van der Waals surface area contributed by atoms with Gasteiger partial charge in [0.05, 0.1) is 0 Å². The van der Waals surface area contributed by atoms with Gasteiger partial charge in [0.15, 0.2) is 0 Å². The van der Waals surface area contributed by atoms with Crippen molar-refractivity contribution in [3.05, 3.63) is 35.4 Å². The third-order valence-corrected chi connectivity index (χ3v) is 2.77. The summed E-state index contributed by atoms with van der Waals surface area (Å²) < 4.78 is 0. The molecule has 0 aliphatic carbocycles. The van der Waals surface area contributed by atoms with Crippen LogP contribution in [0.25, 0.3) is 0 Å². The summed E-state index contributed by atoms with van der Waals surface area (Å²) in [6.45, 7) is 3.84. The fourth-order valence-corrected chi connectivity index (χ4v) is 1.90. The molecule has 14 heavy (non-hydrogen) atoms. The lowest BCUT2D eigenvalue weighted by molar-refractivity contribution is 0.0792. The van der Waals surface area contributed by atoms with Crippen LogP contribution in [0.3, 0.4) is 0 Å². The maximum absolute atomic E-state index is 12.0. The molecular weight excluding hydrogens is 174 g/mol. The number of hydrogen-bond acceptors (Lipinski definition) is 1. The van der Waals surface area contributed by atoms with E-state index in [0.717, 1.165) is 37.1 Å². The summed E-state index contributed by atoms with van der Waals surface area (Å²) in [5.41, 5.74) is 1.93. The molecule has 2 rings (SSSR count). The topological polar surface area (TPSA) is 20.3 Å². The Balaban J connectivity index is 2.22. The highest BCUT2D eigenvalue weighted by molar-refractivity contribution is 5.95. The van der Waals surface area contributed by atoms with E-state index in [2.05, 4.69) is 0 Å². The zero-order valence-electron chi connectivity index (χ0n) is 8.49. The molecule has 0 atom stereocenters. The SMILES string of the molecule is Cc1ccccc1C(=O)N1CCCC1. The summed E-state index contributed by atoms with van der Waals surface area (Å²) in [6, 6.07) is 7.80. The normalized spacial score (nSPS) is 15.9. The van der Waals surface area contributed by atoms with Gasteiger partial charge in [0.1, 0.15) is 0 Å². The maximum atomic E-state index is 12.0. The van der Waals surface area contributed by atoms with Crippen molar-refractivity contribution in [2.45, 2.75) is 19.8 Å². The molecule has 74 valence electrons. The molecule has 0 spiro atoms. The molecule has 0 saturated carbocycles. The van der Waals surface area contributed by atoms with Gasteiger partial charge in [0, 0.05) is 18.7 Å². The van der Waals surface area contributed by atoms with Crippen LogP contribution in [0, 0.1) is 6.92 Å². The van der Waals surface area contributed by atoms with Crippen molar-refractivity contribution in [2.24, 2.45) is 0 Å². The van der Waals surface area contributed by atoms with E-state index < -0.39 is 0 Å². The average molecular weight is 189 g/mol. The molecule has 1 amide bonds. The summed E-state index contributed by atoms with van der Waals surface area (Å²) in [5, 5.41) is 0. The number of likely N-dealkylation sites (tertiary alicyclic amines) is 1. The van der Waals surface area contributed by atoms with Crippen molar-refractivity contribution in [3.63, 3.8) is 0 Å². The third kappa shape index (κ3) is 1.65. The number of carbonyl (C=O) groups is 1. The van der Waals surface area contributed by atoms with E-state index in [4.69, 9.17) is 0 Å². The van der Waals surface area contributed by atoms with Gasteiger partial charge in [0.25, 0.3) is 5.91 Å². The van der Waals surface area contributed by atoms with E-state index in [9.17, 15) is 4.79 Å². The summed E-state index contributed by atoms with van der Waals surface area (Å²) >= 11 is 0. The highest BCUT2D eigenvalue weighted by atomic mass is 16.2. The molecular formula is C12H15NO. The molecule has 1 aliphatic heterocycles. The largest absolute Gasteiger partial charge is 0.339 e. The Morgan fingerprint density at radius 2 is 1.86 bits per heavy atom. The zero-order chi connectivity index (χ0) is 9.97. The molecule has 2 heteroatoms. The van der Waals surface area contributed by atoms with Crippen molar-refractivity contribution in [1.29, 1.82) is 0 Å². The Morgan fingerprint density at radius 3 is 2.50 bits per heavy atom. The number of rotatable bonds is 1. The van der Waals surface area contributed by atoms with Gasteiger partial charge >= 0.3 is 0 Å². The summed E-state index contributed by atoms with van der Waals surface area (Å²) in [4.78, 5) is 13.9. The average Bonchev–Trinajstić information content (AvgIpc) is 2.70. The first kappa shape index (κ1) is 9.25. The Hall–Kier alpha value is -1.31. The molecule has 1 saturated heterocycles. The first-order chi connectivity index (χ1) is 6.79. The number of hydrogen-bond donors (Lipinski definition) is 0. The highest BCUT2D eigenvalue weighted by Gasteiger charge is 2.19. The number of aryl methyl sites for hydroxylation is 1. The van der Waals surface area contributed by atoms with E-state index in [1.807, 2.05) is 36.1 Å². The maximum Gasteiger partial charge on any atom is 0.254 e. The quantitative estimate of drug-likeness (QED) is 0.663. The molecule has 1 aromatic rings. The minimum absolute atomic E-state index is 0.195. The fourth-order valence-electron chi connectivity index (χ4n) is 1.90. The fraction of sp³-hybridized carbons (Fsp3) is 0.417. The summed E-state index contributed by atoms with van der Waals surface area (Å²) in [5.74, 6) is 0.195. The Kier molecular flexibility index (Phi) is 2.53. The number of carbonyl (C=O) groups excluding carboxylic acids is 1. The first-order valence-electron chi connectivity index (χ1n) is 5.14. The first-order valence-corrected chi connectivity index (χ1v) is 5.14. The molecule has 0 radical (unpaired) electrons. The van der Waals surface area contributed by atoms with E-state index in [1.165, 1.54) is 0 Å². The second-order valence-electron chi connectivity index (χ2n) is 3.81. The van der Waals surface area contributed by atoms with Crippen molar-refractivity contribution >= 4 is 5.91 Å². The van der Waals surface area contributed by atoms with Crippen LogP contribution in [-0.2, 0) is 0 Å². The van der Waals surface area contributed by atoms with Crippen LogP contribution >= 0.6 is 0 Å². The van der Waals surface area contributed by atoms with E-state index >= 15 is 0 Å². The van der Waals surface area contributed by atoms with Crippen LogP contribution < -0.4 is 0 Å². The lowest BCUT2D eigenvalue weighted by Crippen LogP contribution is -2.28. The number of benzene rings is 1. The van der Waals surface area contributed by atoms with Crippen molar-refractivity contribution in [1.82, 2.24) is 4.90 Å². The van der Waals surface area contributed by atoms with E-state index in [-0.39, 0.29) is 5.91 Å². The smallest absolute Gasteiger partial charge is 0.254 e. The Labute approximate surface area is 84.5 Å².